The fourth-order valence-electron chi connectivity index (χ4n) is 2.86. The molecule has 0 aliphatic carbocycles. The van der Waals surface area contributed by atoms with E-state index in [2.05, 4.69) is 0 Å². The van der Waals surface area contributed by atoms with Crippen molar-refractivity contribution in [3.8, 4) is 6.07 Å². The van der Waals surface area contributed by atoms with Gasteiger partial charge in [-0.3, -0.25) is 0 Å². The van der Waals surface area contributed by atoms with E-state index in [-0.39, 0.29) is 15.6 Å². The van der Waals surface area contributed by atoms with Crippen molar-refractivity contribution in [3.05, 3.63) is 70.5 Å². The molecular weight excluding hydrogens is 389 g/mol. The number of allylic oxidation sites excluding steroid dienone is 1. The molecule has 0 bridgehead atoms. The predicted molar refractivity (Wildman–Crippen MR) is 103 cm³/mol. The molecule has 1 aliphatic rings. The van der Waals surface area contributed by atoms with Gasteiger partial charge in [-0.15, -0.1) is 0 Å². The van der Waals surface area contributed by atoms with E-state index in [9.17, 15) is 18.1 Å². The summed E-state index contributed by atoms with van der Waals surface area (Å²) in [5.74, 6) is -0.287. The van der Waals surface area contributed by atoms with Crippen LogP contribution < -0.4 is 4.90 Å². The fourth-order valence-corrected chi connectivity index (χ4v) is 4.15. The highest BCUT2D eigenvalue weighted by atomic mass is 35.5. The Bertz CT molecular complexity index is 992. The van der Waals surface area contributed by atoms with Crippen molar-refractivity contribution in [1.29, 1.82) is 5.26 Å². The molecule has 2 aromatic rings. The number of nitrogens with zero attached hydrogens (tertiary/aromatic N) is 3. The predicted octanol–water partition coefficient (Wildman–Crippen LogP) is 3.44. The molecular formula is C19H17ClFN3O2S. The van der Waals surface area contributed by atoms with Crippen molar-refractivity contribution in [2.24, 2.45) is 0 Å². The molecule has 0 saturated carbocycles. The monoisotopic (exact) mass is 405 g/mol. The molecule has 0 radical (unpaired) electrons. The van der Waals surface area contributed by atoms with E-state index in [0.29, 0.717) is 36.9 Å². The minimum Gasteiger partial charge on any atom is -0.372 e. The quantitative estimate of drug-likeness (QED) is 0.729. The topological polar surface area (TPSA) is 64.4 Å². The fraction of sp³-hybridized carbons (Fsp3) is 0.211. The first-order chi connectivity index (χ1) is 12.9. The molecule has 1 aliphatic heterocycles. The van der Waals surface area contributed by atoms with Gasteiger partial charge >= 0.3 is 0 Å². The summed E-state index contributed by atoms with van der Waals surface area (Å²) in [4.78, 5) is 3.36. The van der Waals surface area contributed by atoms with Crippen molar-refractivity contribution >= 4 is 27.1 Å². The minimum atomic E-state index is -3.91. The SMILES string of the molecule is N#C/C(=C\N1CCN(c2ccccc2F)CC1)S(=O)(=O)c1ccc(Cl)cc1. The number of anilines is 1. The Balaban J connectivity index is 1.75. The zero-order valence-corrected chi connectivity index (χ0v) is 15.9. The molecule has 140 valence electrons. The van der Waals surface area contributed by atoms with Crippen molar-refractivity contribution in [1.82, 2.24) is 4.90 Å². The summed E-state index contributed by atoms with van der Waals surface area (Å²) in [5, 5.41) is 9.78. The Labute approximate surface area is 162 Å². The van der Waals surface area contributed by atoms with E-state index in [1.165, 1.54) is 36.5 Å². The third-order valence-electron chi connectivity index (χ3n) is 4.33. The van der Waals surface area contributed by atoms with E-state index < -0.39 is 9.84 Å². The number of halogens is 2. The van der Waals surface area contributed by atoms with Crippen molar-refractivity contribution < 1.29 is 12.8 Å². The van der Waals surface area contributed by atoms with E-state index >= 15 is 0 Å². The van der Waals surface area contributed by atoms with E-state index in [0.717, 1.165) is 0 Å². The van der Waals surface area contributed by atoms with Gasteiger partial charge in [-0.25, -0.2) is 12.8 Å². The maximum absolute atomic E-state index is 13.9. The summed E-state index contributed by atoms with van der Waals surface area (Å²) in [6.45, 7) is 2.01. The number of hydrogen-bond donors (Lipinski definition) is 0. The van der Waals surface area contributed by atoms with Gasteiger partial charge in [0.2, 0.25) is 9.84 Å². The second-order valence-corrected chi connectivity index (χ2v) is 8.39. The first kappa shape index (κ1) is 19.2. The van der Waals surface area contributed by atoms with Crippen LogP contribution in [0.3, 0.4) is 0 Å². The van der Waals surface area contributed by atoms with Gasteiger partial charge in [0, 0.05) is 37.4 Å². The van der Waals surface area contributed by atoms with Crippen LogP contribution in [0.25, 0.3) is 0 Å². The Hall–Kier alpha value is -2.56. The average Bonchev–Trinajstić information content (AvgIpc) is 2.67. The van der Waals surface area contributed by atoms with Crippen molar-refractivity contribution in [2.45, 2.75) is 4.90 Å². The molecule has 2 aromatic carbocycles. The Morgan fingerprint density at radius 2 is 1.70 bits per heavy atom. The van der Waals surface area contributed by atoms with Crippen molar-refractivity contribution in [2.75, 3.05) is 31.1 Å². The first-order valence-electron chi connectivity index (χ1n) is 8.28. The lowest BCUT2D eigenvalue weighted by Gasteiger charge is -2.35. The van der Waals surface area contributed by atoms with Crippen LogP contribution in [0.4, 0.5) is 10.1 Å². The second kappa shape index (κ2) is 7.99. The number of hydrogen-bond acceptors (Lipinski definition) is 5. The number of piperazine rings is 1. The van der Waals surface area contributed by atoms with E-state index in [1.54, 1.807) is 29.2 Å². The molecule has 0 atom stereocenters. The molecule has 27 heavy (non-hydrogen) atoms. The van der Waals surface area contributed by atoms with E-state index in [1.807, 2.05) is 4.90 Å². The number of para-hydroxylation sites is 1. The number of nitriles is 1. The maximum atomic E-state index is 13.9. The lowest BCUT2D eigenvalue weighted by molar-refractivity contribution is 0.347. The lowest BCUT2D eigenvalue weighted by atomic mass is 10.2. The number of rotatable bonds is 4. The van der Waals surface area contributed by atoms with Gasteiger partial charge in [0.25, 0.3) is 0 Å². The maximum Gasteiger partial charge on any atom is 0.218 e. The molecule has 3 rings (SSSR count). The molecule has 0 unspecified atom stereocenters. The van der Waals surface area contributed by atoms with Gasteiger partial charge in [-0.05, 0) is 36.4 Å². The largest absolute Gasteiger partial charge is 0.372 e. The first-order valence-corrected chi connectivity index (χ1v) is 10.1. The normalized spacial score (nSPS) is 15.5. The van der Waals surface area contributed by atoms with E-state index in [4.69, 9.17) is 11.6 Å². The molecule has 0 spiro atoms. The summed E-state index contributed by atoms with van der Waals surface area (Å²) in [6, 6.07) is 14.0. The second-order valence-electron chi connectivity index (χ2n) is 6.04. The Morgan fingerprint density at radius 1 is 1.07 bits per heavy atom. The van der Waals surface area contributed by atoms with Crippen LogP contribution in [-0.2, 0) is 9.84 Å². The highest BCUT2D eigenvalue weighted by Crippen LogP contribution is 2.23. The molecule has 0 amide bonds. The highest BCUT2D eigenvalue weighted by molar-refractivity contribution is 7.95. The summed E-state index contributed by atoms with van der Waals surface area (Å²) >= 11 is 5.79. The Morgan fingerprint density at radius 3 is 2.30 bits per heavy atom. The van der Waals surface area contributed by atoms with Gasteiger partial charge in [0.1, 0.15) is 11.9 Å². The van der Waals surface area contributed by atoms with Crippen LogP contribution in [0.1, 0.15) is 0 Å². The number of benzene rings is 2. The van der Waals surface area contributed by atoms with Gasteiger partial charge in [-0.1, -0.05) is 23.7 Å². The molecule has 0 N–H and O–H groups in total. The highest BCUT2D eigenvalue weighted by Gasteiger charge is 2.24. The molecule has 8 heteroatoms. The average molecular weight is 406 g/mol. The molecule has 0 aromatic heterocycles. The molecule has 1 fully saturated rings. The van der Waals surface area contributed by atoms with Crippen LogP contribution in [0.15, 0.2) is 64.5 Å². The van der Waals surface area contributed by atoms with Crippen LogP contribution >= 0.6 is 11.6 Å². The lowest BCUT2D eigenvalue weighted by Crippen LogP contribution is -2.44. The van der Waals surface area contributed by atoms with Crippen LogP contribution in [0.2, 0.25) is 5.02 Å². The third kappa shape index (κ3) is 4.24. The Kier molecular flexibility index (Phi) is 5.68. The molecule has 1 heterocycles. The summed E-state index contributed by atoms with van der Waals surface area (Å²) in [7, 11) is -3.91. The van der Waals surface area contributed by atoms with Gasteiger partial charge in [0.15, 0.2) is 4.91 Å². The standard InChI is InChI=1S/C19H17ClFN3O2S/c20-15-5-7-16(8-6-15)27(25,26)17(13-22)14-23-9-11-24(12-10-23)19-4-2-1-3-18(19)21/h1-8,14H,9-12H2/b17-14+. The van der Waals surface area contributed by atoms with Gasteiger partial charge in [0.05, 0.1) is 10.6 Å². The number of sulfone groups is 1. The van der Waals surface area contributed by atoms with Crippen molar-refractivity contribution in [3.63, 3.8) is 0 Å². The van der Waals surface area contributed by atoms with Crippen LogP contribution in [-0.4, -0.2) is 39.5 Å². The van der Waals surface area contributed by atoms with Gasteiger partial charge in [-0.2, -0.15) is 5.26 Å². The summed E-state index contributed by atoms with van der Waals surface area (Å²) in [6.07, 6.45) is 1.36. The molecule has 1 saturated heterocycles. The summed E-state index contributed by atoms with van der Waals surface area (Å²) in [5.41, 5.74) is 0.524. The minimum absolute atomic E-state index is 0.0182. The van der Waals surface area contributed by atoms with Gasteiger partial charge < -0.3 is 9.80 Å². The third-order valence-corrected chi connectivity index (χ3v) is 6.25. The van der Waals surface area contributed by atoms with Crippen LogP contribution in [0.5, 0.6) is 0 Å². The molecule has 5 nitrogen and oxygen atoms in total. The zero-order valence-electron chi connectivity index (χ0n) is 14.3. The van der Waals surface area contributed by atoms with Crippen LogP contribution in [0, 0.1) is 17.1 Å². The zero-order chi connectivity index (χ0) is 19.4. The summed E-state index contributed by atoms with van der Waals surface area (Å²) < 4.78 is 39.2. The smallest absolute Gasteiger partial charge is 0.218 e.